The van der Waals surface area contributed by atoms with Crippen LogP contribution in [0.25, 0.3) is 0 Å². The first-order chi connectivity index (χ1) is 19.5. The van der Waals surface area contributed by atoms with Crippen LogP contribution in [0.1, 0.15) is 48.0 Å². The van der Waals surface area contributed by atoms with Crippen molar-refractivity contribution in [1.82, 2.24) is 9.80 Å². The van der Waals surface area contributed by atoms with Crippen LogP contribution >= 0.6 is 11.6 Å². The number of unbranched alkanes of at least 4 members (excludes halogenated alkanes) is 1. The summed E-state index contributed by atoms with van der Waals surface area (Å²) in [6.07, 6.45) is -7.70. The second kappa shape index (κ2) is 13.4. The highest BCUT2D eigenvalue weighted by Gasteiger charge is 2.62. The molecule has 1 aliphatic rings. The third-order valence-corrected chi connectivity index (χ3v) is 7.27. The molecule has 2 amide bonds. The highest BCUT2D eigenvalue weighted by molar-refractivity contribution is 6.34. The monoisotopic (exact) mass is 624 g/mol. The standard InChI is InChI=1S/C28H31ClF6N2O5/c1-36(2)24(38)22-10-9-20(17-23(22)29)41-15-4-3-6-18-11-13-37(14-12-18)25(39)26(40,27(30,31)32)19-7-5-8-21(16-19)42-28(33,34)35/h5,7-10,16-18,40H,3-4,6,11-15H2,1-2H3/t26-/m0/s1. The molecule has 1 fully saturated rings. The molecule has 42 heavy (non-hydrogen) atoms. The van der Waals surface area contributed by atoms with Gasteiger partial charge in [-0.1, -0.05) is 30.2 Å². The molecule has 0 spiro atoms. The molecule has 0 unspecified atom stereocenters. The van der Waals surface area contributed by atoms with Crippen molar-refractivity contribution in [2.24, 2.45) is 5.92 Å². The Morgan fingerprint density at radius 3 is 2.24 bits per heavy atom. The number of hydrogen-bond donors (Lipinski definition) is 1. The van der Waals surface area contributed by atoms with Crippen LogP contribution in [-0.4, -0.2) is 73.1 Å². The maximum absolute atomic E-state index is 14.0. The van der Waals surface area contributed by atoms with Gasteiger partial charge < -0.3 is 24.4 Å². The molecule has 1 heterocycles. The first-order valence-corrected chi connectivity index (χ1v) is 13.5. The Bertz CT molecular complexity index is 1250. The van der Waals surface area contributed by atoms with Crippen LogP contribution in [0, 0.1) is 5.92 Å². The number of hydrogen-bond acceptors (Lipinski definition) is 5. The van der Waals surface area contributed by atoms with E-state index in [1.54, 1.807) is 32.3 Å². The van der Waals surface area contributed by atoms with E-state index in [4.69, 9.17) is 16.3 Å². The molecule has 1 atom stereocenters. The molecule has 7 nitrogen and oxygen atoms in total. The number of rotatable bonds is 10. The number of amides is 2. The van der Waals surface area contributed by atoms with E-state index < -0.39 is 35.4 Å². The number of aliphatic hydroxyl groups is 1. The Hall–Kier alpha value is -3.19. The van der Waals surface area contributed by atoms with Crippen molar-refractivity contribution in [2.45, 2.75) is 50.2 Å². The second-order valence-electron chi connectivity index (χ2n) is 10.2. The molecule has 2 aromatic carbocycles. The van der Waals surface area contributed by atoms with Gasteiger partial charge in [-0.25, -0.2) is 0 Å². The SMILES string of the molecule is CN(C)C(=O)c1ccc(OCCCCC2CCN(C(=O)[C@@](O)(c3cccc(OC(F)(F)F)c3)C(F)(F)F)CC2)cc1Cl. The van der Waals surface area contributed by atoms with Crippen molar-refractivity contribution in [1.29, 1.82) is 0 Å². The minimum Gasteiger partial charge on any atom is -0.494 e. The number of carbonyl (C=O) groups is 2. The molecule has 0 saturated carbocycles. The van der Waals surface area contributed by atoms with Crippen LogP contribution in [0.15, 0.2) is 42.5 Å². The van der Waals surface area contributed by atoms with E-state index in [1.165, 1.54) is 4.90 Å². The lowest BCUT2D eigenvalue weighted by molar-refractivity contribution is -0.274. The fourth-order valence-electron chi connectivity index (χ4n) is 4.71. The number of carbonyl (C=O) groups excluding carboxylic acids is 2. The van der Waals surface area contributed by atoms with Crippen molar-refractivity contribution in [3.8, 4) is 11.5 Å². The average molecular weight is 625 g/mol. The van der Waals surface area contributed by atoms with Crippen molar-refractivity contribution < 1.29 is 50.5 Å². The molecule has 2 aromatic rings. The van der Waals surface area contributed by atoms with E-state index in [9.17, 15) is 41.0 Å². The highest BCUT2D eigenvalue weighted by Crippen LogP contribution is 2.42. The number of nitrogens with zero attached hydrogens (tertiary/aromatic N) is 2. The normalized spacial score (nSPS) is 16.1. The Morgan fingerprint density at radius 2 is 1.67 bits per heavy atom. The summed E-state index contributed by atoms with van der Waals surface area (Å²) < 4.78 is 89.1. The van der Waals surface area contributed by atoms with Gasteiger partial charge in [0.05, 0.1) is 17.2 Å². The molecule has 0 bridgehead atoms. The molecule has 3 rings (SSSR count). The van der Waals surface area contributed by atoms with Gasteiger partial charge in [-0.2, -0.15) is 13.2 Å². The number of ether oxygens (including phenoxy) is 2. The quantitative estimate of drug-likeness (QED) is 0.252. The zero-order valence-electron chi connectivity index (χ0n) is 22.9. The van der Waals surface area contributed by atoms with E-state index in [2.05, 4.69) is 4.74 Å². The van der Waals surface area contributed by atoms with Gasteiger partial charge in [0.2, 0.25) is 0 Å². The Morgan fingerprint density at radius 1 is 1.00 bits per heavy atom. The molecular formula is C28H31ClF6N2O5. The molecule has 1 saturated heterocycles. The van der Waals surface area contributed by atoms with E-state index in [0.29, 0.717) is 43.2 Å². The summed E-state index contributed by atoms with van der Waals surface area (Å²) in [6, 6.07) is 7.50. The van der Waals surface area contributed by atoms with Crippen LogP contribution in [0.4, 0.5) is 26.3 Å². The second-order valence-corrected chi connectivity index (χ2v) is 10.6. The number of alkyl halides is 6. The van der Waals surface area contributed by atoms with Gasteiger partial charge in [0.25, 0.3) is 17.4 Å². The lowest BCUT2D eigenvalue weighted by Gasteiger charge is -2.38. The van der Waals surface area contributed by atoms with Gasteiger partial charge in [-0.05, 0) is 61.9 Å². The summed E-state index contributed by atoms with van der Waals surface area (Å²) in [5.74, 6) is -2.23. The first-order valence-electron chi connectivity index (χ1n) is 13.1. The van der Waals surface area contributed by atoms with Crippen LogP contribution in [0.5, 0.6) is 11.5 Å². The summed E-state index contributed by atoms with van der Waals surface area (Å²) in [4.78, 5) is 27.3. The predicted molar refractivity (Wildman–Crippen MR) is 141 cm³/mol. The lowest BCUT2D eigenvalue weighted by atomic mass is 9.87. The minimum atomic E-state index is -5.50. The third kappa shape index (κ3) is 8.21. The molecule has 1 aliphatic heterocycles. The Kier molecular flexibility index (Phi) is 10.6. The van der Waals surface area contributed by atoms with Crippen molar-refractivity contribution in [3.63, 3.8) is 0 Å². The van der Waals surface area contributed by atoms with Crippen molar-refractivity contribution in [3.05, 3.63) is 58.6 Å². The summed E-state index contributed by atoms with van der Waals surface area (Å²) >= 11 is 6.18. The largest absolute Gasteiger partial charge is 0.573 e. The van der Waals surface area contributed by atoms with Gasteiger partial charge in [0, 0.05) is 32.7 Å². The fourth-order valence-corrected chi connectivity index (χ4v) is 4.96. The van der Waals surface area contributed by atoms with Gasteiger partial charge in [-0.15, -0.1) is 13.2 Å². The van der Waals surface area contributed by atoms with Gasteiger partial charge in [-0.3, -0.25) is 9.59 Å². The predicted octanol–water partition coefficient (Wildman–Crippen LogP) is 6.18. The van der Waals surface area contributed by atoms with Crippen LogP contribution in [0.2, 0.25) is 5.02 Å². The van der Waals surface area contributed by atoms with Crippen LogP contribution in [-0.2, 0) is 10.4 Å². The number of halogens is 7. The van der Waals surface area contributed by atoms with E-state index >= 15 is 0 Å². The average Bonchev–Trinajstić information content (AvgIpc) is 2.90. The number of piperidine rings is 1. The molecular weight excluding hydrogens is 594 g/mol. The molecule has 14 heteroatoms. The lowest BCUT2D eigenvalue weighted by Crippen LogP contribution is -2.57. The van der Waals surface area contributed by atoms with E-state index in [-0.39, 0.29) is 29.9 Å². The minimum absolute atomic E-state index is 0.0480. The topological polar surface area (TPSA) is 79.3 Å². The smallest absolute Gasteiger partial charge is 0.494 e. The molecule has 232 valence electrons. The van der Waals surface area contributed by atoms with Crippen LogP contribution in [0.3, 0.4) is 0 Å². The van der Waals surface area contributed by atoms with E-state index in [0.717, 1.165) is 35.9 Å². The third-order valence-electron chi connectivity index (χ3n) is 6.96. The summed E-state index contributed by atoms with van der Waals surface area (Å²) in [5.41, 5.74) is -4.75. The maximum Gasteiger partial charge on any atom is 0.573 e. The Balaban J connectivity index is 1.51. The fraction of sp³-hybridized carbons (Fsp3) is 0.500. The zero-order valence-corrected chi connectivity index (χ0v) is 23.7. The summed E-state index contributed by atoms with van der Waals surface area (Å²) in [5, 5.41) is 10.9. The highest BCUT2D eigenvalue weighted by atomic mass is 35.5. The molecule has 0 aromatic heterocycles. The van der Waals surface area contributed by atoms with Gasteiger partial charge in [0.15, 0.2) is 0 Å². The van der Waals surface area contributed by atoms with Gasteiger partial charge >= 0.3 is 12.5 Å². The molecule has 0 radical (unpaired) electrons. The summed E-state index contributed by atoms with van der Waals surface area (Å²) in [7, 11) is 3.24. The summed E-state index contributed by atoms with van der Waals surface area (Å²) in [6.45, 7) is 0.283. The Labute approximate surface area is 243 Å². The van der Waals surface area contributed by atoms with E-state index in [1.807, 2.05) is 0 Å². The zero-order chi connectivity index (χ0) is 31.3. The van der Waals surface area contributed by atoms with Crippen molar-refractivity contribution >= 4 is 23.4 Å². The van der Waals surface area contributed by atoms with Gasteiger partial charge in [0.1, 0.15) is 11.5 Å². The maximum atomic E-state index is 14.0. The first kappa shape index (κ1) is 33.3. The van der Waals surface area contributed by atoms with Crippen molar-refractivity contribution in [2.75, 3.05) is 33.8 Å². The molecule has 1 N–H and O–H groups in total. The number of likely N-dealkylation sites (tertiary alicyclic amines) is 1. The van der Waals surface area contributed by atoms with Crippen LogP contribution < -0.4 is 9.47 Å². The molecule has 0 aliphatic carbocycles. The number of benzene rings is 2.